The second-order valence-corrected chi connectivity index (χ2v) is 4.41. The van der Waals surface area contributed by atoms with Crippen LogP contribution in [0.25, 0.3) is 0 Å². The lowest BCUT2D eigenvalue weighted by Crippen LogP contribution is -2.01. The van der Waals surface area contributed by atoms with Gasteiger partial charge in [-0.2, -0.15) is 11.3 Å². The minimum Gasteiger partial charge on any atom is -0.366 e. The molecule has 0 saturated carbocycles. The van der Waals surface area contributed by atoms with E-state index in [9.17, 15) is 0 Å². The average Bonchev–Trinajstić information content (AvgIpc) is 2.61. The Morgan fingerprint density at radius 2 is 2.27 bits per heavy atom. The zero-order chi connectivity index (χ0) is 10.7. The van der Waals surface area contributed by atoms with Crippen molar-refractivity contribution in [2.45, 2.75) is 13.5 Å². The number of anilines is 1. The Kier molecular flexibility index (Phi) is 3.23. The standard InChI is InChI=1S/C11H11ClN2S/c1-8-6-15-7-9(8)5-13-11-4-2-3-10(12)14-11/h2-4,6-7H,5H2,1H3,(H,13,14). The summed E-state index contributed by atoms with van der Waals surface area (Å²) in [6, 6.07) is 5.56. The van der Waals surface area contributed by atoms with Gasteiger partial charge in [0.15, 0.2) is 0 Å². The Hall–Kier alpha value is -1.06. The SMILES string of the molecule is Cc1cscc1CNc1cccc(Cl)n1. The van der Waals surface area contributed by atoms with E-state index in [1.165, 1.54) is 11.1 Å². The summed E-state index contributed by atoms with van der Waals surface area (Å²) in [7, 11) is 0. The van der Waals surface area contributed by atoms with E-state index >= 15 is 0 Å². The van der Waals surface area contributed by atoms with Gasteiger partial charge < -0.3 is 5.32 Å². The first-order chi connectivity index (χ1) is 7.25. The first-order valence-electron chi connectivity index (χ1n) is 4.64. The van der Waals surface area contributed by atoms with Crippen LogP contribution < -0.4 is 5.32 Å². The molecule has 4 heteroatoms. The minimum atomic E-state index is 0.516. The quantitative estimate of drug-likeness (QED) is 0.825. The fourth-order valence-electron chi connectivity index (χ4n) is 1.26. The third-order valence-corrected chi connectivity index (χ3v) is 3.26. The van der Waals surface area contributed by atoms with Crippen LogP contribution in [-0.2, 0) is 6.54 Å². The Labute approximate surface area is 97.9 Å². The molecule has 2 aromatic rings. The van der Waals surface area contributed by atoms with Crippen LogP contribution >= 0.6 is 22.9 Å². The molecule has 1 N–H and O–H groups in total. The number of nitrogens with zero attached hydrogens (tertiary/aromatic N) is 1. The molecule has 0 aliphatic rings. The van der Waals surface area contributed by atoms with E-state index in [4.69, 9.17) is 11.6 Å². The van der Waals surface area contributed by atoms with E-state index in [0.29, 0.717) is 5.15 Å². The van der Waals surface area contributed by atoms with Crippen molar-refractivity contribution in [3.63, 3.8) is 0 Å². The number of rotatable bonds is 3. The van der Waals surface area contributed by atoms with Crippen molar-refractivity contribution in [1.29, 1.82) is 0 Å². The first-order valence-corrected chi connectivity index (χ1v) is 5.96. The number of aromatic nitrogens is 1. The van der Waals surface area contributed by atoms with Crippen molar-refractivity contribution in [3.8, 4) is 0 Å². The van der Waals surface area contributed by atoms with Crippen LogP contribution in [0.1, 0.15) is 11.1 Å². The van der Waals surface area contributed by atoms with Crippen LogP contribution in [0.15, 0.2) is 29.0 Å². The molecule has 0 spiro atoms. The highest BCUT2D eigenvalue weighted by atomic mass is 35.5. The fourth-order valence-corrected chi connectivity index (χ4v) is 2.28. The summed E-state index contributed by atoms with van der Waals surface area (Å²) in [5.74, 6) is 0.813. The Morgan fingerprint density at radius 3 is 2.93 bits per heavy atom. The Balaban J connectivity index is 2.02. The van der Waals surface area contributed by atoms with Crippen LogP contribution in [-0.4, -0.2) is 4.98 Å². The molecule has 0 saturated heterocycles. The molecule has 15 heavy (non-hydrogen) atoms. The van der Waals surface area contributed by atoms with Gasteiger partial charge in [0.05, 0.1) is 0 Å². The van der Waals surface area contributed by atoms with Crippen molar-refractivity contribution < 1.29 is 0 Å². The second kappa shape index (κ2) is 4.64. The highest BCUT2D eigenvalue weighted by Gasteiger charge is 1.99. The van der Waals surface area contributed by atoms with Crippen LogP contribution in [0.3, 0.4) is 0 Å². The number of nitrogens with one attached hydrogen (secondary N) is 1. The molecule has 78 valence electrons. The number of hydrogen-bond acceptors (Lipinski definition) is 3. The topological polar surface area (TPSA) is 24.9 Å². The number of thiophene rings is 1. The molecule has 0 unspecified atom stereocenters. The van der Waals surface area contributed by atoms with E-state index < -0.39 is 0 Å². The molecule has 0 amide bonds. The summed E-state index contributed by atoms with van der Waals surface area (Å²) in [5, 5.41) is 8.04. The third kappa shape index (κ3) is 2.70. The fraction of sp³-hybridized carbons (Fsp3) is 0.182. The summed E-state index contributed by atoms with van der Waals surface area (Å²) >= 11 is 7.51. The summed E-state index contributed by atoms with van der Waals surface area (Å²) in [6.45, 7) is 2.90. The molecule has 0 aliphatic carbocycles. The molecule has 0 aliphatic heterocycles. The zero-order valence-electron chi connectivity index (χ0n) is 8.33. The van der Waals surface area contributed by atoms with E-state index in [0.717, 1.165) is 12.4 Å². The maximum atomic E-state index is 5.79. The van der Waals surface area contributed by atoms with Crippen molar-refractivity contribution >= 4 is 28.8 Å². The first kappa shape index (κ1) is 10.5. The van der Waals surface area contributed by atoms with Crippen LogP contribution in [0, 0.1) is 6.92 Å². The molecule has 2 rings (SSSR count). The molecule has 2 heterocycles. The van der Waals surface area contributed by atoms with Crippen molar-refractivity contribution in [1.82, 2.24) is 4.98 Å². The van der Waals surface area contributed by atoms with Crippen molar-refractivity contribution in [2.75, 3.05) is 5.32 Å². The lowest BCUT2D eigenvalue weighted by molar-refractivity contribution is 1.10. The lowest BCUT2D eigenvalue weighted by Gasteiger charge is -2.04. The second-order valence-electron chi connectivity index (χ2n) is 3.28. The van der Waals surface area contributed by atoms with Crippen LogP contribution in [0.2, 0.25) is 5.15 Å². The summed E-state index contributed by atoms with van der Waals surface area (Å²) in [5.41, 5.74) is 2.62. The van der Waals surface area contributed by atoms with E-state index in [-0.39, 0.29) is 0 Å². The van der Waals surface area contributed by atoms with Gasteiger partial charge in [-0.15, -0.1) is 0 Å². The number of hydrogen-bond donors (Lipinski definition) is 1. The van der Waals surface area contributed by atoms with Crippen molar-refractivity contribution in [2.24, 2.45) is 0 Å². The smallest absolute Gasteiger partial charge is 0.131 e. The minimum absolute atomic E-state index is 0.516. The third-order valence-electron chi connectivity index (χ3n) is 2.14. The summed E-state index contributed by atoms with van der Waals surface area (Å²) in [6.07, 6.45) is 0. The van der Waals surface area contributed by atoms with E-state index in [1.807, 2.05) is 12.1 Å². The monoisotopic (exact) mass is 238 g/mol. The molecule has 0 aromatic carbocycles. The highest BCUT2D eigenvalue weighted by Crippen LogP contribution is 2.16. The molecular formula is C11H11ClN2S. The van der Waals surface area contributed by atoms with Gasteiger partial charge >= 0.3 is 0 Å². The van der Waals surface area contributed by atoms with Crippen LogP contribution in [0.5, 0.6) is 0 Å². The van der Waals surface area contributed by atoms with Gasteiger partial charge in [-0.1, -0.05) is 17.7 Å². The normalized spacial score (nSPS) is 10.3. The molecule has 2 aromatic heterocycles. The van der Waals surface area contributed by atoms with Gasteiger partial charge in [0.2, 0.25) is 0 Å². The zero-order valence-corrected chi connectivity index (χ0v) is 9.90. The number of halogens is 1. The van der Waals surface area contributed by atoms with Crippen molar-refractivity contribution in [3.05, 3.63) is 45.2 Å². The molecule has 0 atom stereocenters. The van der Waals surface area contributed by atoms with Crippen LogP contribution in [0.4, 0.5) is 5.82 Å². The van der Waals surface area contributed by atoms with Gasteiger partial charge in [-0.05, 0) is 40.9 Å². The molecule has 0 fully saturated rings. The number of aryl methyl sites for hydroxylation is 1. The lowest BCUT2D eigenvalue weighted by atomic mass is 10.2. The Bertz CT molecular complexity index is 453. The predicted octanol–water partition coefficient (Wildman–Crippen LogP) is 3.72. The predicted molar refractivity (Wildman–Crippen MR) is 65.6 cm³/mol. The van der Waals surface area contributed by atoms with Gasteiger partial charge in [-0.3, -0.25) is 0 Å². The Morgan fingerprint density at radius 1 is 1.40 bits per heavy atom. The van der Waals surface area contributed by atoms with Gasteiger partial charge in [0.25, 0.3) is 0 Å². The summed E-state index contributed by atoms with van der Waals surface area (Å²) in [4.78, 5) is 4.16. The maximum Gasteiger partial charge on any atom is 0.131 e. The molecular weight excluding hydrogens is 228 g/mol. The average molecular weight is 239 g/mol. The van der Waals surface area contributed by atoms with Gasteiger partial charge in [0, 0.05) is 6.54 Å². The molecule has 0 bridgehead atoms. The van der Waals surface area contributed by atoms with Gasteiger partial charge in [0.1, 0.15) is 11.0 Å². The summed E-state index contributed by atoms with van der Waals surface area (Å²) < 4.78 is 0. The van der Waals surface area contributed by atoms with E-state index in [2.05, 4.69) is 28.0 Å². The molecule has 2 nitrogen and oxygen atoms in total. The maximum absolute atomic E-state index is 5.79. The highest BCUT2D eigenvalue weighted by molar-refractivity contribution is 7.08. The number of pyridine rings is 1. The van der Waals surface area contributed by atoms with Gasteiger partial charge in [-0.25, -0.2) is 4.98 Å². The largest absolute Gasteiger partial charge is 0.366 e. The molecule has 0 radical (unpaired) electrons. The van der Waals surface area contributed by atoms with E-state index in [1.54, 1.807) is 17.4 Å².